The molecule has 2 rings (SSSR count). The lowest BCUT2D eigenvalue weighted by molar-refractivity contribution is -0.119. The minimum Gasteiger partial charge on any atom is -0.355 e. The number of benzene rings is 1. The van der Waals surface area contributed by atoms with Crippen molar-refractivity contribution in [3.63, 3.8) is 0 Å². The molecule has 2 aromatic rings. The predicted molar refractivity (Wildman–Crippen MR) is 78.4 cm³/mol. The Hall–Kier alpha value is -1.88. The summed E-state index contributed by atoms with van der Waals surface area (Å²) in [5, 5.41) is 8.52. The van der Waals surface area contributed by atoms with Crippen LogP contribution in [0.4, 0.5) is 5.13 Å². The molecule has 0 saturated heterocycles. The number of carbonyl (C=O) groups excluding carboxylic acids is 1. The van der Waals surface area contributed by atoms with E-state index in [0.29, 0.717) is 6.54 Å². The molecule has 19 heavy (non-hydrogen) atoms. The number of nitrogens with zero attached hydrogens (tertiary/aromatic N) is 1. The first kappa shape index (κ1) is 13.5. The molecule has 0 radical (unpaired) electrons. The fourth-order valence-corrected chi connectivity index (χ4v) is 2.22. The van der Waals surface area contributed by atoms with Gasteiger partial charge in [-0.25, -0.2) is 4.98 Å². The highest BCUT2D eigenvalue weighted by Crippen LogP contribution is 2.09. The van der Waals surface area contributed by atoms with Crippen LogP contribution in [0.25, 0.3) is 0 Å². The molecule has 5 heteroatoms. The van der Waals surface area contributed by atoms with Crippen LogP contribution in [-0.4, -0.2) is 24.0 Å². The van der Waals surface area contributed by atoms with Crippen LogP contribution in [0.2, 0.25) is 0 Å². The third-order valence-corrected chi connectivity index (χ3v) is 3.37. The molecule has 0 unspecified atom stereocenters. The smallest absolute Gasteiger partial charge is 0.239 e. The monoisotopic (exact) mass is 275 g/mol. The number of aromatic nitrogens is 1. The number of aryl methyl sites for hydroxylation is 1. The molecule has 0 fully saturated rings. The fourth-order valence-electron chi connectivity index (χ4n) is 1.69. The van der Waals surface area contributed by atoms with E-state index in [4.69, 9.17) is 0 Å². The average molecular weight is 275 g/mol. The van der Waals surface area contributed by atoms with Gasteiger partial charge in [-0.15, -0.1) is 11.3 Å². The molecule has 0 bridgehead atoms. The molecule has 0 atom stereocenters. The van der Waals surface area contributed by atoms with Crippen molar-refractivity contribution in [3.8, 4) is 0 Å². The van der Waals surface area contributed by atoms with Gasteiger partial charge in [0, 0.05) is 18.1 Å². The van der Waals surface area contributed by atoms with Crippen LogP contribution in [-0.2, 0) is 11.2 Å². The van der Waals surface area contributed by atoms with Gasteiger partial charge in [0.15, 0.2) is 5.13 Å². The van der Waals surface area contributed by atoms with E-state index in [1.165, 1.54) is 16.9 Å². The first-order chi connectivity index (χ1) is 9.34. The molecule has 0 aliphatic heterocycles. The van der Waals surface area contributed by atoms with Gasteiger partial charge in [-0.3, -0.25) is 4.79 Å². The Labute approximate surface area is 116 Å². The van der Waals surface area contributed by atoms with E-state index in [0.717, 1.165) is 18.0 Å². The van der Waals surface area contributed by atoms with Gasteiger partial charge < -0.3 is 10.6 Å². The second-order valence-corrected chi connectivity index (χ2v) is 5.02. The van der Waals surface area contributed by atoms with Gasteiger partial charge in [-0.05, 0) is 18.4 Å². The summed E-state index contributed by atoms with van der Waals surface area (Å²) >= 11 is 1.49. The Bertz CT molecular complexity index is 485. The van der Waals surface area contributed by atoms with Crippen molar-refractivity contribution in [3.05, 3.63) is 47.5 Å². The van der Waals surface area contributed by atoms with Crippen LogP contribution < -0.4 is 10.6 Å². The van der Waals surface area contributed by atoms with Crippen molar-refractivity contribution in [2.24, 2.45) is 0 Å². The van der Waals surface area contributed by atoms with Gasteiger partial charge in [0.1, 0.15) is 0 Å². The third-order valence-electron chi connectivity index (χ3n) is 2.64. The van der Waals surface area contributed by atoms with Gasteiger partial charge in [0.05, 0.1) is 6.54 Å². The Morgan fingerprint density at radius 2 is 2.11 bits per heavy atom. The molecular formula is C14H17N3OS. The van der Waals surface area contributed by atoms with E-state index in [1.54, 1.807) is 6.20 Å². The quantitative estimate of drug-likeness (QED) is 0.762. The lowest BCUT2D eigenvalue weighted by Gasteiger charge is -2.06. The van der Waals surface area contributed by atoms with Gasteiger partial charge in [-0.1, -0.05) is 30.3 Å². The maximum Gasteiger partial charge on any atom is 0.239 e. The molecule has 0 aliphatic carbocycles. The van der Waals surface area contributed by atoms with Crippen LogP contribution in [0.5, 0.6) is 0 Å². The number of nitrogens with one attached hydrogen (secondary N) is 2. The van der Waals surface area contributed by atoms with Gasteiger partial charge in [0.25, 0.3) is 0 Å². The van der Waals surface area contributed by atoms with Gasteiger partial charge in [-0.2, -0.15) is 0 Å². The number of thiazole rings is 1. The highest BCUT2D eigenvalue weighted by molar-refractivity contribution is 7.13. The molecule has 1 amide bonds. The SMILES string of the molecule is O=C(CNc1nccs1)NCCCc1ccccc1. The Kier molecular flexibility index (Phi) is 5.37. The van der Waals surface area contributed by atoms with E-state index in [9.17, 15) is 4.79 Å². The highest BCUT2D eigenvalue weighted by atomic mass is 32.1. The van der Waals surface area contributed by atoms with Crippen molar-refractivity contribution in [1.82, 2.24) is 10.3 Å². The lowest BCUT2D eigenvalue weighted by Crippen LogP contribution is -2.30. The number of carbonyl (C=O) groups is 1. The molecular weight excluding hydrogens is 258 g/mol. The summed E-state index contributed by atoms with van der Waals surface area (Å²) in [6, 6.07) is 10.3. The average Bonchev–Trinajstić information content (AvgIpc) is 2.96. The zero-order valence-corrected chi connectivity index (χ0v) is 11.5. The van der Waals surface area contributed by atoms with E-state index in [1.807, 2.05) is 23.6 Å². The summed E-state index contributed by atoms with van der Waals surface area (Å²) in [7, 11) is 0. The van der Waals surface area contributed by atoms with Crippen molar-refractivity contribution in [2.75, 3.05) is 18.4 Å². The maximum absolute atomic E-state index is 11.6. The molecule has 0 saturated carbocycles. The van der Waals surface area contributed by atoms with Crippen LogP contribution >= 0.6 is 11.3 Å². The summed E-state index contributed by atoms with van der Waals surface area (Å²) in [6.07, 6.45) is 3.65. The number of rotatable bonds is 7. The van der Waals surface area contributed by atoms with E-state index < -0.39 is 0 Å². The summed E-state index contributed by atoms with van der Waals surface area (Å²) in [5.41, 5.74) is 1.30. The summed E-state index contributed by atoms with van der Waals surface area (Å²) in [5.74, 6) is 0.00302. The largest absolute Gasteiger partial charge is 0.355 e. The Balaban J connectivity index is 1.57. The topological polar surface area (TPSA) is 54.0 Å². The van der Waals surface area contributed by atoms with Gasteiger partial charge in [0.2, 0.25) is 5.91 Å². The fraction of sp³-hybridized carbons (Fsp3) is 0.286. The standard InChI is InChI=1S/C14H17N3OS/c18-13(11-17-14-16-9-10-19-14)15-8-4-7-12-5-2-1-3-6-12/h1-3,5-6,9-10H,4,7-8,11H2,(H,15,18)(H,16,17). The van der Waals surface area contributed by atoms with Crippen molar-refractivity contribution in [2.45, 2.75) is 12.8 Å². The molecule has 1 heterocycles. The Morgan fingerprint density at radius 1 is 1.26 bits per heavy atom. The van der Waals surface area contributed by atoms with Crippen LogP contribution in [0.3, 0.4) is 0 Å². The van der Waals surface area contributed by atoms with Crippen molar-refractivity contribution >= 4 is 22.4 Å². The summed E-state index contributed by atoms with van der Waals surface area (Å²) in [6.45, 7) is 0.978. The molecule has 1 aromatic carbocycles. The number of hydrogen-bond donors (Lipinski definition) is 2. The second-order valence-electron chi connectivity index (χ2n) is 4.13. The normalized spacial score (nSPS) is 10.1. The minimum atomic E-state index is 0.00302. The Morgan fingerprint density at radius 3 is 2.84 bits per heavy atom. The molecule has 2 N–H and O–H groups in total. The van der Waals surface area contributed by atoms with Crippen LogP contribution in [0.1, 0.15) is 12.0 Å². The number of amides is 1. The molecule has 1 aromatic heterocycles. The molecule has 0 aliphatic rings. The second kappa shape index (κ2) is 7.53. The van der Waals surface area contributed by atoms with Crippen molar-refractivity contribution in [1.29, 1.82) is 0 Å². The van der Waals surface area contributed by atoms with E-state index in [2.05, 4.69) is 27.8 Å². The summed E-state index contributed by atoms with van der Waals surface area (Å²) in [4.78, 5) is 15.6. The predicted octanol–water partition coefficient (Wildman–Crippen LogP) is 2.30. The summed E-state index contributed by atoms with van der Waals surface area (Å²) < 4.78 is 0. The van der Waals surface area contributed by atoms with E-state index in [-0.39, 0.29) is 12.5 Å². The van der Waals surface area contributed by atoms with E-state index >= 15 is 0 Å². The zero-order chi connectivity index (χ0) is 13.3. The van der Waals surface area contributed by atoms with Crippen LogP contribution in [0.15, 0.2) is 41.9 Å². The number of hydrogen-bond acceptors (Lipinski definition) is 4. The van der Waals surface area contributed by atoms with Crippen molar-refractivity contribution < 1.29 is 4.79 Å². The van der Waals surface area contributed by atoms with Crippen LogP contribution in [0, 0.1) is 0 Å². The zero-order valence-electron chi connectivity index (χ0n) is 10.6. The third kappa shape index (κ3) is 5.09. The molecule has 100 valence electrons. The first-order valence-corrected chi connectivity index (χ1v) is 7.16. The minimum absolute atomic E-state index is 0.00302. The van der Waals surface area contributed by atoms with Gasteiger partial charge >= 0.3 is 0 Å². The number of anilines is 1. The molecule has 4 nitrogen and oxygen atoms in total. The first-order valence-electron chi connectivity index (χ1n) is 6.28. The highest BCUT2D eigenvalue weighted by Gasteiger charge is 2.01. The molecule has 0 spiro atoms. The lowest BCUT2D eigenvalue weighted by atomic mass is 10.1. The maximum atomic E-state index is 11.6.